The summed E-state index contributed by atoms with van der Waals surface area (Å²) in [5.74, 6) is 1.67. The summed E-state index contributed by atoms with van der Waals surface area (Å²) in [6.07, 6.45) is 1.17. The fraction of sp³-hybridized carbons (Fsp3) is 0.231. The molecule has 1 heterocycles. The molecule has 0 saturated heterocycles. The van der Waals surface area contributed by atoms with Crippen molar-refractivity contribution >= 4 is 23.4 Å². The summed E-state index contributed by atoms with van der Waals surface area (Å²) in [7, 11) is 0. The zero-order valence-corrected chi connectivity index (χ0v) is 11.0. The lowest BCUT2D eigenvalue weighted by atomic mass is 10.1. The Kier molecular flexibility index (Phi) is 4.15. The van der Waals surface area contributed by atoms with Crippen molar-refractivity contribution in [2.75, 3.05) is 0 Å². The molecule has 1 aromatic heterocycles. The van der Waals surface area contributed by atoms with E-state index in [4.69, 9.17) is 16.0 Å². The number of aliphatic hydroxyl groups excluding tert-OH is 1. The number of hydrogen-bond acceptors (Lipinski definition) is 3. The van der Waals surface area contributed by atoms with E-state index in [9.17, 15) is 5.11 Å². The molecule has 90 valence electrons. The summed E-state index contributed by atoms with van der Waals surface area (Å²) >= 11 is 7.77. The van der Waals surface area contributed by atoms with Gasteiger partial charge >= 0.3 is 0 Å². The Hall–Kier alpha value is -0.900. The molecule has 2 aromatic rings. The zero-order valence-electron chi connectivity index (χ0n) is 9.39. The quantitative estimate of drug-likeness (QED) is 0.841. The first-order valence-electron chi connectivity index (χ1n) is 5.29. The van der Waals surface area contributed by atoms with Crippen LogP contribution in [0.2, 0.25) is 5.02 Å². The van der Waals surface area contributed by atoms with Crippen molar-refractivity contribution in [1.82, 2.24) is 0 Å². The monoisotopic (exact) mass is 268 g/mol. The van der Waals surface area contributed by atoms with Crippen LogP contribution in [-0.2, 0) is 5.75 Å². The molecule has 0 aliphatic carbocycles. The Labute approximate surface area is 110 Å². The third-order valence-corrected chi connectivity index (χ3v) is 3.91. The Balaban J connectivity index is 2.06. The molecule has 1 aromatic carbocycles. The van der Waals surface area contributed by atoms with E-state index >= 15 is 0 Å². The minimum Gasteiger partial charge on any atom is -0.468 e. The van der Waals surface area contributed by atoms with Crippen molar-refractivity contribution in [2.45, 2.75) is 23.7 Å². The van der Waals surface area contributed by atoms with Gasteiger partial charge in [-0.3, -0.25) is 0 Å². The number of rotatable bonds is 4. The molecule has 0 aliphatic rings. The molecule has 17 heavy (non-hydrogen) atoms. The zero-order chi connectivity index (χ0) is 12.3. The lowest BCUT2D eigenvalue weighted by Gasteiger charge is -2.08. The van der Waals surface area contributed by atoms with Gasteiger partial charge < -0.3 is 9.52 Å². The van der Waals surface area contributed by atoms with Crippen LogP contribution in [-0.4, -0.2) is 5.11 Å². The summed E-state index contributed by atoms with van der Waals surface area (Å²) in [4.78, 5) is 0.993. The van der Waals surface area contributed by atoms with Gasteiger partial charge in [0.2, 0.25) is 0 Å². The van der Waals surface area contributed by atoms with Gasteiger partial charge in [0.1, 0.15) is 5.76 Å². The summed E-state index contributed by atoms with van der Waals surface area (Å²) in [6, 6.07) is 9.43. The maximum absolute atomic E-state index is 9.44. The molecule has 2 rings (SSSR count). The highest BCUT2D eigenvalue weighted by atomic mass is 35.5. The van der Waals surface area contributed by atoms with Crippen molar-refractivity contribution in [2.24, 2.45) is 0 Å². The molecular weight excluding hydrogens is 256 g/mol. The number of halogens is 1. The number of hydrogen-bond donors (Lipinski definition) is 1. The van der Waals surface area contributed by atoms with Crippen LogP contribution in [0.1, 0.15) is 24.4 Å². The van der Waals surface area contributed by atoms with Crippen LogP contribution in [0.15, 0.2) is 45.9 Å². The SMILES string of the molecule is CC(O)c1ccc(SCc2ccco2)c(Cl)c1. The van der Waals surface area contributed by atoms with E-state index in [1.54, 1.807) is 31.0 Å². The van der Waals surface area contributed by atoms with E-state index < -0.39 is 6.10 Å². The summed E-state index contributed by atoms with van der Waals surface area (Å²) < 4.78 is 5.25. The molecule has 4 heteroatoms. The lowest BCUT2D eigenvalue weighted by Crippen LogP contribution is -1.90. The topological polar surface area (TPSA) is 33.4 Å². The first-order chi connectivity index (χ1) is 8.16. The molecule has 0 spiro atoms. The van der Waals surface area contributed by atoms with Crippen LogP contribution in [0.5, 0.6) is 0 Å². The molecule has 0 bridgehead atoms. The third kappa shape index (κ3) is 3.28. The molecule has 1 N–H and O–H groups in total. The van der Waals surface area contributed by atoms with Gasteiger partial charge in [0.25, 0.3) is 0 Å². The Bertz CT molecular complexity index is 480. The maximum atomic E-state index is 9.44. The van der Waals surface area contributed by atoms with Gasteiger partial charge in [0, 0.05) is 4.90 Å². The van der Waals surface area contributed by atoms with E-state index in [1.807, 2.05) is 24.3 Å². The first kappa shape index (κ1) is 12.6. The van der Waals surface area contributed by atoms with E-state index in [1.165, 1.54) is 0 Å². The van der Waals surface area contributed by atoms with Crippen molar-refractivity contribution < 1.29 is 9.52 Å². The maximum Gasteiger partial charge on any atom is 0.113 e. The van der Waals surface area contributed by atoms with Gasteiger partial charge in [-0.05, 0) is 36.8 Å². The molecular formula is C13H13ClO2S. The van der Waals surface area contributed by atoms with Gasteiger partial charge in [-0.15, -0.1) is 11.8 Å². The number of thioether (sulfide) groups is 1. The smallest absolute Gasteiger partial charge is 0.113 e. The molecule has 0 radical (unpaired) electrons. The Morgan fingerprint density at radius 3 is 2.82 bits per heavy atom. The number of furan rings is 1. The van der Waals surface area contributed by atoms with Crippen molar-refractivity contribution in [3.63, 3.8) is 0 Å². The highest BCUT2D eigenvalue weighted by molar-refractivity contribution is 7.98. The Morgan fingerprint density at radius 1 is 1.41 bits per heavy atom. The van der Waals surface area contributed by atoms with Gasteiger partial charge in [-0.1, -0.05) is 17.7 Å². The summed E-state index contributed by atoms with van der Waals surface area (Å²) in [5.41, 5.74) is 0.831. The predicted molar refractivity (Wildman–Crippen MR) is 70.4 cm³/mol. The average molecular weight is 269 g/mol. The lowest BCUT2D eigenvalue weighted by molar-refractivity contribution is 0.199. The highest BCUT2D eigenvalue weighted by Gasteiger charge is 2.07. The van der Waals surface area contributed by atoms with Crippen LogP contribution in [0.3, 0.4) is 0 Å². The second-order valence-corrected chi connectivity index (χ2v) is 5.16. The molecule has 0 aliphatic heterocycles. The van der Waals surface area contributed by atoms with E-state index in [-0.39, 0.29) is 0 Å². The minimum atomic E-state index is -0.489. The molecule has 0 fully saturated rings. The normalized spacial score (nSPS) is 12.6. The second kappa shape index (κ2) is 5.63. The van der Waals surface area contributed by atoms with Crippen molar-refractivity contribution in [3.05, 3.63) is 52.9 Å². The van der Waals surface area contributed by atoms with Gasteiger partial charge in [0.15, 0.2) is 0 Å². The third-order valence-electron chi connectivity index (χ3n) is 2.39. The number of benzene rings is 1. The van der Waals surface area contributed by atoms with E-state index in [2.05, 4.69) is 0 Å². The predicted octanol–water partition coefficient (Wildman–Crippen LogP) is 4.28. The molecule has 1 unspecified atom stereocenters. The standard InChI is InChI=1S/C13H13ClO2S/c1-9(15)10-4-5-13(12(14)7-10)17-8-11-3-2-6-16-11/h2-7,9,15H,8H2,1H3. The van der Waals surface area contributed by atoms with Crippen LogP contribution in [0, 0.1) is 0 Å². The van der Waals surface area contributed by atoms with E-state index in [0.29, 0.717) is 5.02 Å². The van der Waals surface area contributed by atoms with Crippen LogP contribution in [0.4, 0.5) is 0 Å². The molecule has 0 amide bonds. The van der Waals surface area contributed by atoms with Gasteiger partial charge in [-0.25, -0.2) is 0 Å². The van der Waals surface area contributed by atoms with Crippen LogP contribution < -0.4 is 0 Å². The van der Waals surface area contributed by atoms with E-state index in [0.717, 1.165) is 22.0 Å². The number of aliphatic hydroxyl groups is 1. The minimum absolute atomic E-state index is 0.489. The second-order valence-electron chi connectivity index (χ2n) is 3.73. The fourth-order valence-corrected chi connectivity index (χ4v) is 2.61. The molecule has 2 nitrogen and oxygen atoms in total. The summed E-state index contributed by atoms with van der Waals surface area (Å²) in [6.45, 7) is 1.72. The van der Waals surface area contributed by atoms with Crippen molar-refractivity contribution in [3.8, 4) is 0 Å². The highest BCUT2D eigenvalue weighted by Crippen LogP contribution is 2.31. The Morgan fingerprint density at radius 2 is 2.24 bits per heavy atom. The van der Waals surface area contributed by atoms with Crippen LogP contribution >= 0.6 is 23.4 Å². The van der Waals surface area contributed by atoms with Gasteiger partial charge in [-0.2, -0.15) is 0 Å². The molecule has 0 saturated carbocycles. The first-order valence-corrected chi connectivity index (χ1v) is 6.66. The largest absolute Gasteiger partial charge is 0.468 e. The fourth-order valence-electron chi connectivity index (χ4n) is 1.44. The summed E-state index contributed by atoms with van der Waals surface area (Å²) in [5, 5.41) is 10.1. The van der Waals surface area contributed by atoms with Crippen LogP contribution in [0.25, 0.3) is 0 Å². The van der Waals surface area contributed by atoms with Gasteiger partial charge in [0.05, 0.1) is 23.1 Å². The average Bonchev–Trinajstić information content (AvgIpc) is 2.80. The van der Waals surface area contributed by atoms with Crippen molar-refractivity contribution in [1.29, 1.82) is 0 Å². The molecule has 1 atom stereocenters.